The van der Waals surface area contributed by atoms with E-state index in [1.165, 1.54) is 38.5 Å². The lowest BCUT2D eigenvalue weighted by atomic mass is 10.1. The molecule has 0 N–H and O–H groups in total. The smallest absolute Gasteiger partial charge is 0.306 e. The fourth-order valence-electron chi connectivity index (χ4n) is 6.03. The van der Waals surface area contributed by atoms with Gasteiger partial charge in [-0.05, 0) is 116 Å². The van der Waals surface area contributed by atoms with Crippen LogP contribution in [0, 0.1) is 0 Å². The van der Waals surface area contributed by atoms with Gasteiger partial charge in [0.1, 0.15) is 13.2 Å². The summed E-state index contributed by atoms with van der Waals surface area (Å²) in [7, 11) is 0. The van der Waals surface area contributed by atoms with Gasteiger partial charge in [-0.2, -0.15) is 0 Å². The van der Waals surface area contributed by atoms with Crippen LogP contribution in [0.5, 0.6) is 0 Å². The van der Waals surface area contributed by atoms with Gasteiger partial charge in [-0.3, -0.25) is 14.4 Å². The normalized spacial score (nSPS) is 12.9. The third-order valence-electron chi connectivity index (χ3n) is 9.55. The molecule has 6 nitrogen and oxygen atoms in total. The van der Waals surface area contributed by atoms with Crippen LogP contribution in [-0.4, -0.2) is 37.2 Å². The van der Waals surface area contributed by atoms with Crippen LogP contribution in [0.4, 0.5) is 0 Å². The second-order valence-electron chi connectivity index (χ2n) is 15.2. The average molecular weight is 819 g/mol. The summed E-state index contributed by atoms with van der Waals surface area (Å²) in [4.78, 5) is 37.8. The first-order valence-electron chi connectivity index (χ1n) is 23.7. The van der Waals surface area contributed by atoms with Gasteiger partial charge in [-0.25, -0.2) is 0 Å². The van der Waals surface area contributed by atoms with E-state index in [1.807, 2.05) is 0 Å². The summed E-state index contributed by atoms with van der Waals surface area (Å²) < 4.78 is 16.7. The molecule has 334 valence electrons. The van der Waals surface area contributed by atoms with Crippen molar-refractivity contribution in [3.05, 3.63) is 97.2 Å². The highest BCUT2D eigenvalue weighted by Gasteiger charge is 2.19. The second kappa shape index (κ2) is 47.0. The summed E-state index contributed by atoms with van der Waals surface area (Å²) in [5.74, 6) is -0.998. The molecular formula is C53H86O6. The zero-order valence-corrected chi connectivity index (χ0v) is 38.0. The minimum Gasteiger partial charge on any atom is -0.462 e. The Morgan fingerprint density at radius 3 is 1.10 bits per heavy atom. The van der Waals surface area contributed by atoms with Gasteiger partial charge in [0, 0.05) is 19.3 Å². The summed E-state index contributed by atoms with van der Waals surface area (Å²) in [6, 6.07) is 0. The fraction of sp³-hybridized carbons (Fsp3) is 0.642. The number of ether oxygens (including phenoxy) is 3. The largest absolute Gasteiger partial charge is 0.462 e. The van der Waals surface area contributed by atoms with E-state index >= 15 is 0 Å². The molecule has 0 aliphatic carbocycles. The monoisotopic (exact) mass is 819 g/mol. The van der Waals surface area contributed by atoms with Crippen LogP contribution in [-0.2, 0) is 28.6 Å². The molecule has 0 fully saturated rings. The Morgan fingerprint density at radius 2 is 0.661 bits per heavy atom. The maximum absolute atomic E-state index is 12.7. The molecule has 59 heavy (non-hydrogen) atoms. The Bertz CT molecular complexity index is 1220. The van der Waals surface area contributed by atoms with Crippen LogP contribution in [0.15, 0.2) is 97.2 Å². The molecule has 0 aliphatic rings. The number of carbonyl (C=O) groups is 3. The first-order chi connectivity index (χ1) is 29.0. The number of hydrogen-bond donors (Lipinski definition) is 0. The van der Waals surface area contributed by atoms with Gasteiger partial charge in [0.25, 0.3) is 0 Å². The highest BCUT2D eigenvalue weighted by molar-refractivity contribution is 5.71. The van der Waals surface area contributed by atoms with E-state index in [2.05, 4.69) is 118 Å². The molecule has 0 aliphatic heterocycles. The van der Waals surface area contributed by atoms with Crippen LogP contribution in [0.3, 0.4) is 0 Å². The van der Waals surface area contributed by atoms with E-state index in [0.29, 0.717) is 19.3 Å². The Morgan fingerprint density at radius 1 is 0.356 bits per heavy atom. The Hall–Kier alpha value is -3.67. The Kier molecular flexibility index (Phi) is 44.1. The molecule has 0 saturated heterocycles. The van der Waals surface area contributed by atoms with Crippen LogP contribution in [0.25, 0.3) is 0 Å². The zero-order chi connectivity index (χ0) is 43.0. The molecule has 0 saturated carbocycles. The molecule has 0 aromatic carbocycles. The number of hydrogen-bond acceptors (Lipinski definition) is 6. The van der Waals surface area contributed by atoms with Crippen LogP contribution < -0.4 is 0 Å². The highest BCUT2D eigenvalue weighted by atomic mass is 16.6. The molecular weight excluding hydrogens is 733 g/mol. The van der Waals surface area contributed by atoms with Crippen LogP contribution in [0.1, 0.15) is 201 Å². The van der Waals surface area contributed by atoms with Crippen molar-refractivity contribution in [3.8, 4) is 0 Å². The quantitative estimate of drug-likeness (QED) is 0.0265. The van der Waals surface area contributed by atoms with Crippen LogP contribution in [0.2, 0.25) is 0 Å². The van der Waals surface area contributed by atoms with Gasteiger partial charge in [0.15, 0.2) is 6.10 Å². The van der Waals surface area contributed by atoms with E-state index in [-0.39, 0.29) is 37.5 Å². The number of carbonyl (C=O) groups excluding carboxylic acids is 3. The van der Waals surface area contributed by atoms with E-state index in [9.17, 15) is 14.4 Å². The molecule has 0 amide bonds. The van der Waals surface area contributed by atoms with E-state index in [0.717, 1.165) is 116 Å². The summed E-state index contributed by atoms with van der Waals surface area (Å²) in [6.45, 7) is 6.30. The molecule has 0 spiro atoms. The lowest BCUT2D eigenvalue weighted by molar-refractivity contribution is -0.167. The summed E-state index contributed by atoms with van der Waals surface area (Å²) in [5, 5.41) is 0. The van der Waals surface area contributed by atoms with E-state index < -0.39 is 6.10 Å². The number of esters is 3. The van der Waals surface area contributed by atoms with E-state index in [1.54, 1.807) is 0 Å². The van der Waals surface area contributed by atoms with Crippen molar-refractivity contribution in [1.29, 1.82) is 0 Å². The molecule has 0 heterocycles. The number of allylic oxidation sites excluding steroid dienone is 16. The third-order valence-corrected chi connectivity index (χ3v) is 9.55. The minimum atomic E-state index is -0.812. The predicted molar refractivity (Wildman–Crippen MR) is 251 cm³/mol. The molecule has 1 unspecified atom stereocenters. The van der Waals surface area contributed by atoms with Gasteiger partial charge in [-0.15, -0.1) is 0 Å². The Labute approximate surface area is 362 Å². The van der Waals surface area contributed by atoms with Crippen molar-refractivity contribution >= 4 is 17.9 Å². The van der Waals surface area contributed by atoms with Gasteiger partial charge >= 0.3 is 17.9 Å². The zero-order valence-electron chi connectivity index (χ0n) is 38.0. The lowest BCUT2D eigenvalue weighted by Gasteiger charge is -2.18. The molecule has 6 heteroatoms. The van der Waals surface area contributed by atoms with Gasteiger partial charge in [-0.1, -0.05) is 163 Å². The highest BCUT2D eigenvalue weighted by Crippen LogP contribution is 2.12. The molecule has 0 radical (unpaired) electrons. The van der Waals surface area contributed by atoms with Gasteiger partial charge < -0.3 is 14.2 Å². The van der Waals surface area contributed by atoms with Crippen molar-refractivity contribution in [3.63, 3.8) is 0 Å². The first kappa shape index (κ1) is 55.3. The maximum atomic E-state index is 12.7. The summed E-state index contributed by atoms with van der Waals surface area (Å²) >= 11 is 0. The average Bonchev–Trinajstić information content (AvgIpc) is 3.23. The lowest BCUT2D eigenvalue weighted by Crippen LogP contribution is -2.30. The standard InChI is InChI=1S/C53H86O6/c1-4-7-10-13-16-19-22-25-26-29-31-34-37-40-43-46-52(55)58-49-50(59-53(56)47-44-41-38-35-32-28-24-21-18-15-12-9-6-3)48-57-51(54)45-42-39-36-33-30-27-23-20-17-14-11-8-5-2/h7,9-10,12,16,18-21,23,25-26,28,31-32,34,50H,4-6,8,11,13-15,17,22,24,27,29-30,33,35-49H2,1-3H3/b10-7-,12-9-,19-16-,21-18-,23-20-,26-25-,32-28-,34-31-. The van der Waals surface area contributed by atoms with Crippen LogP contribution >= 0.6 is 0 Å². The molecule has 0 bridgehead atoms. The van der Waals surface area contributed by atoms with Crippen molar-refractivity contribution in [2.75, 3.05) is 13.2 Å². The van der Waals surface area contributed by atoms with Crippen molar-refractivity contribution in [1.82, 2.24) is 0 Å². The Balaban J connectivity index is 4.53. The van der Waals surface area contributed by atoms with Crippen molar-refractivity contribution < 1.29 is 28.6 Å². The summed E-state index contributed by atoms with van der Waals surface area (Å²) in [5.41, 5.74) is 0. The van der Waals surface area contributed by atoms with Gasteiger partial charge in [0.05, 0.1) is 0 Å². The minimum absolute atomic E-state index is 0.109. The second-order valence-corrected chi connectivity index (χ2v) is 15.2. The number of unbranched alkanes of at least 4 members (excludes halogenated alkanes) is 14. The SMILES string of the molecule is CC/C=C\C/C=C\C/C=C\C/C=C\CCCCC(=O)OCC(COC(=O)CCCCCCC/C=C\CCCCCC)OC(=O)CCCCC/C=C\C/C=C\C/C=C\CC. The maximum Gasteiger partial charge on any atom is 0.306 e. The number of rotatable bonds is 41. The van der Waals surface area contributed by atoms with Crippen molar-refractivity contribution in [2.45, 2.75) is 207 Å². The van der Waals surface area contributed by atoms with E-state index in [4.69, 9.17) is 14.2 Å². The van der Waals surface area contributed by atoms with Gasteiger partial charge in [0.2, 0.25) is 0 Å². The first-order valence-corrected chi connectivity index (χ1v) is 23.7. The predicted octanol–water partition coefficient (Wildman–Crippen LogP) is 15.4. The molecule has 0 aromatic heterocycles. The topological polar surface area (TPSA) is 78.9 Å². The fourth-order valence-corrected chi connectivity index (χ4v) is 6.03. The molecule has 0 rings (SSSR count). The third kappa shape index (κ3) is 45.3. The summed E-state index contributed by atoms with van der Waals surface area (Å²) in [6.07, 6.45) is 61.0. The van der Waals surface area contributed by atoms with Crippen molar-refractivity contribution in [2.24, 2.45) is 0 Å². The molecule has 1 atom stereocenters. The molecule has 0 aromatic rings.